The lowest BCUT2D eigenvalue weighted by molar-refractivity contribution is 0.221. The normalized spacial score (nSPS) is 15.8. The number of likely N-dealkylation sites (tertiary alicyclic amines) is 1. The van der Waals surface area contributed by atoms with Crippen molar-refractivity contribution in [2.24, 2.45) is 0 Å². The molecule has 162 valence electrons. The Morgan fingerprint density at radius 3 is 2.75 bits per heavy atom. The summed E-state index contributed by atoms with van der Waals surface area (Å²) < 4.78 is 7.48. The zero-order chi connectivity index (χ0) is 22.1. The molecular weight excluding hydrogens is 402 g/mol. The van der Waals surface area contributed by atoms with Gasteiger partial charge in [-0.05, 0) is 67.4 Å². The highest BCUT2D eigenvalue weighted by molar-refractivity contribution is 5.89. The van der Waals surface area contributed by atoms with Crippen molar-refractivity contribution in [3.05, 3.63) is 72.4 Å². The highest BCUT2D eigenvalue weighted by Crippen LogP contribution is 2.33. The third kappa shape index (κ3) is 3.77. The van der Waals surface area contributed by atoms with E-state index in [1.807, 2.05) is 72.5 Å². The largest absolute Gasteiger partial charge is 0.497 e. The van der Waals surface area contributed by atoms with Crippen molar-refractivity contribution in [1.82, 2.24) is 19.4 Å². The number of imidazole rings is 1. The molecule has 5 rings (SSSR count). The minimum Gasteiger partial charge on any atom is -0.497 e. The van der Waals surface area contributed by atoms with Gasteiger partial charge in [0.1, 0.15) is 17.1 Å². The Kier molecular flexibility index (Phi) is 5.23. The SMILES string of the molecule is COc1ccc(-c2nc3cccnc3n2C2CCN(C(=O)Nc3cccc(C)c3)C2)cc1. The van der Waals surface area contributed by atoms with Crippen LogP contribution >= 0.6 is 0 Å². The van der Waals surface area contributed by atoms with E-state index in [-0.39, 0.29) is 12.1 Å². The van der Waals surface area contributed by atoms with Gasteiger partial charge in [0, 0.05) is 30.5 Å². The molecule has 1 unspecified atom stereocenters. The Labute approximate surface area is 186 Å². The molecule has 0 spiro atoms. The Bertz CT molecular complexity index is 1270. The molecule has 1 fully saturated rings. The molecule has 4 aromatic rings. The predicted octanol–water partition coefficient (Wildman–Crippen LogP) is 4.89. The number of hydrogen-bond donors (Lipinski definition) is 1. The van der Waals surface area contributed by atoms with Crippen LogP contribution in [0.15, 0.2) is 66.9 Å². The fraction of sp³-hybridized carbons (Fsp3) is 0.240. The van der Waals surface area contributed by atoms with Crippen LogP contribution in [-0.2, 0) is 0 Å². The van der Waals surface area contributed by atoms with Gasteiger partial charge in [-0.1, -0.05) is 12.1 Å². The Hall–Kier alpha value is -3.87. The summed E-state index contributed by atoms with van der Waals surface area (Å²) in [6, 6.07) is 19.6. The first-order valence-electron chi connectivity index (χ1n) is 10.7. The maximum Gasteiger partial charge on any atom is 0.321 e. The molecule has 0 aliphatic carbocycles. The maximum absolute atomic E-state index is 12.9. The second kappa shape index (κ2) is 8.34. The number of hydrogen-bond acceptors (Lipinski definition) is 4. The molecule has 0 radical (unpaired) electrons. The number of nitrogens with zero attached hydrogens (tertiary/aromatic N) is 4. The number of fused-ring (bicyclic) bond motifs is 1. The van der Waals surface area contributed by atoms with Crippen LogP contribution in [0.1, 0.15) is 18.0 Å². The number of aryl methyl sites for hydroxylation is 1. The monoisotopic (exact) mass is 427 g/mol. The standard InChI is InChI=1S/C25H25N5O2/c1-17-5-3-6-19(15-17)27-25(31)29-14-12-20(16-29)30-23(18-8-10-21(32-2)11-9-18)28-22-7-4-13-26-24(22)30/h3-11,13,15,20H,12,14,16H2,1-2H3,(H,27,31). The van der Waals surface area contributed by atoms with Gasteiger partial charge in [-0.25, -0.2) is 14.8 Å². The molecule has 0 bridgehead atoms. The molecule has 1 saturated heterocycles. The number of aromatic nitrogens is 3. The smallest absolute Gasteiger partial charge is 0.321 e. The van der Waals surface area contributed by atoms with E-state index in [9.17, 15) is 4.79 Å². The summed E-state index contributed by atoms with van der Waals surface area (Å²) in [6.45, 7) is 3.29. The number of pyridine rings is 1. The first kappa shape index (κ1) is 20.1. The fourth-order valence-electron chi connectivity index (χ4n) is 4.28. The van der Waals surface area contributed by atoms with Crippen LogP contribution in [0.5, 0.6) is 5.75 Å². The van der Waals surface area contributed by atoms with Crippen molar-refractivity contribution in [2.45, 2.75) is 19.4 Å². The Morgan fingerprint density at radius 1 is 1.12 bits per heavy atom. The van der Waals surface area contributed by atoms with Crippen molar-refractivity contribution in [1.29, 1.82) is 0 Å². The minimum absolute atomic E-state index is 0.0820. The average molecular weight is 428 g/mol. The van der Waals surface area contributed by atoms with Gasteiger partial charge in [-0.3, -0.25) is 0 Å². The van der Waals surface area contributed by atoms with Gasteiger partial charge in [0.05, 0.1) is 13.2 Å². The molecule has 1 aliphatic heterocycles. The van der Waals surface area contributed by atoms with Crippen LogP contribution in [0, 0.1) is 6.92 Å². The van der Waals surface area contributed by atoms with E-state index in [4.69, 9.17) is 9.72 Å². The topological polar surface area (TPSA) is 72.3 Å². The van der Waals surface area contributed by atoms with Crippen molar-refractivity contribution in [3.8, 4) is 17.1 Å². The average Bonchev–Trinajstić information content (AvgIpc) is 3.44. The number of benzene rings is 2. The van der Waals surface area contributed by atoms with E-state index in [0.29, 0.717) is 13.1 Å². The van der Waals surface area contributed by atoms with E-state index in [2.05, 4.69) is 14.9 Å². The summed E-state index contributed by atoms with van der Waals surface area (Å²) >= 11 is 0. The van der Waals surface area contributed by atoms with Crippen molar-refractivity contribution >= 4 is 22.9 Å². The van der Waals surface area contributed by atoms with Crippen LogP contribution in [0.25, 0.3) is 22.6 Å². The van der Waals surface area contributed by atoms with Gasteiger partial charge in [-0.15, -0.1) is 0 Å². The van der Waals surface area contributed by atoms with Crippen molar-refractivity contribution in [2.75, 3.05) is 25.5 Å². The van der Waals surface area contributed by atoms with Crippen molar-refractivity contribution in [3.63, 3.8) is 0 Å². The van der Waals surface area contributed by atoms with E-state index in [1.165, 1.54) is 0 Å². The minimum atomic E-state index is -0.0820. The Morgan fingerprint density at radius 2 is 1.97 bits per heavy atom. The molecule has 2 aromatic heterocycles. The summed E-state index contributed by atoms with van der Waals surface area (Å²) in [4.78, 5) is 24.2. The molecule has 0 saturated carbocycles. The van der Waals surface area contributed by atoms with E-state index in [0.717, 1.165) is 46.0 Å². The van der Waals surface area contributed by atoms with Gasteiger partial charge >= 0.3 is 6.03 Å². The van der Waals surface area contributed by atoms with Gasteiger partial charge in [0.2, 0.25) is 0 Å². The maximum atomic E-state index is 12.9. The van der Waals surface area contributed by atoms with E-state index < -0.39 is 0 Å². The number of rotatable bonds is 4. The van der Waals surface area contributed by atoms with Crippen LogP contribution in [0.3, 0.4) is 0 Å². The molecule has 1 aliphatic rings. The third-order valence-corrected chi connectivity index (χ3v) is 5.88. The highest BCUT2D eigenvalue weighted by atomic mass is 16.5. The Balaban J connectivity index is 1.43. The highest BCUT2D eigenvalue weighted by Gasteiger charge is 2.31. The molecular formula is C25H25N5O2. The van der Waals surface area contributed by atoms with Gasteiger partial charge in [0.25, 0.3) is 0 Å². The fourth-order valence-corrected chi connectivity index (χ4v) is 4.28. The van der Waals surface area contributed by atoms with Crippen molar-refractivity contribution < 1.29 is 9.53 Å². The number of urea groups is 1. The van der Waals surface area contributed by atoms with Crippen LogP contribution < -0.4 is 10.1 Å². The molecule has 7 nitrogen and oxygen atoms in total. The molecule has 32 heavy (non-hydrogen) atoms. The summed E-state index contributed by atoms with van der Waals surface area (Å²) in [7, 11) is 1.66. The lowest BCUT2D eigenvalue weighted by atomic mass is 10.2. The second-order valence-electron chi connectivity index (χ2n) is 8.07. The van der Waals surface area contributed by atoms with E-state index >= 15 is 0 Å². The second-order valence-corrected chi connectivity index (χ2v) is 8.07. The first-order chi connectivity index (χ1) is 15.6. The molecule has 3 heterocycles. The lowest BCUT2D eigenvalue weighted by Crippen LogP contribution is -2.33. The zero-order valence-corrected chi connectivity index (χ0v) is 18.2. The molecule has 2 amide bonds. The van der Waals surface area contributed by atoms with Crippen LogP contribution in [0.2, 0.25) is 0 Å². The number of anilines is 1. The predicted molar refractivity (Wildman–Crippen MR) is 125 cm³/mol. The number of amides is 2. The number of carbonyl (C=O) groups is 1. The summed E-state index contributed by atoms with van der Waals surface area (Å²) in [5, 5.41) is 3.02. The third-order valence-electron chi connectivity index (χ3n) is 5.88. The molecule has 2 aromatic carbocycles. The first-order valence-corrected chi connectivity index (χ1v) is 10.7. The van der Waals surface area contributed by atoms with Gasteiger partial charge < -0.3 is 19.5 Å². The molecule has 1 N–H and O–H groups in total. The quantitative estimate of drug-likeness (QED) is 0.503. The summed E-state index contributed by atoms with van der Waals surface area (Å²) in [5.41, 5.74) is 4.60. The summed E-state index contributed by atoms with van der Waals surface area (Å²) in [6.07, 6.45) is 2.63. The number of ether oxygens (including phenoxy) is 1. The zero-order valence-electron chi connectivity index (χ0n) is 18.2. The molecule has 7 heteroatoms. The lowest BCUT2D eigenvalue weighted by Gasteiger charge is -2.19. The summed E-state index contributed by atoms with van der Waals surface area (Å²) in [5.74, 6) is 1.65. The van der Waals surface area contributed by atoms with Gasteiger partial charge in [0.15, 0.2) is 5.65 Å². The van der Waals surface area contributed by atoms with E-state index in [1.54, 1.807) is 13.3 Å². The number of carbonyl (C=O) groups excluding carboxylic acids is 1. The van der Waals surface area contributed by atoms with Crippen LogP contribution in [0.4, 0.5) is 10.5 Å². The van der Waals surface area contributed by atoms with Gasteiger partial charge in [-0.2, -0.15) is 0 Å². The molecule has 1 atom stereocenters. The number of nitrogens with one attached hydrogen (secondary N) is 1. The number of methoxy groups -OCH3 is 1. The van der Waals surface area contributed by atoms with Crippen LogP contribution in [-0.4, -0.2) is 45.7 Å².